The molecular formula is C16H18N2O2. The number of methoxy groups -OCH3 is 1. The normalized spacial score (nSPS) is 10.2. The first kappa shape index (κ1) is 13.9. The van der Waals surface area contributed by atoms with E-state index >= 15 is 0 Å². The lowest BCUT2D eigenvalue weighted by molar-refractivity contribution is 0.0993. The highest BCUT2D eigenvalue weighted by Gasteiger charge is 2.14. The second-order valence-corrected chi connectivity index (χ2v) is 4.69. The Bertz CT molecular complexity index is 601. The number of anilines is 2. The van der Waals surface area contributed by atoms with E-state index in [1.807, 2.05) is 43.3 Å². The van der Waals surface area contributed by atoms with Crippen molar-refractivity contribution in [3.8, 4) is 5.75 Å². The summed E-state index contributed by atoms with van der Waals surface area (Å²) in [5.74, 6) is 0.667. The summed E-state index contributed by atoms with van der Waals surface area (Å²) in [6.45, 7) is 1.92. The van der Waals surface area contributed by atoms with Gasteiger partial charge in [0, 0.05) is 24.0 Å². The third-order valence-corrected chi connectivity index (χ3v) is 3.11. The van der Waals surface area contributed by atoms with Crippen molar-refractivity contribution in [2.75, 3.05) is 24.8 Å². The van der Waals surface area contributed by atoms with Crippen LogP contribution < -0.4 is 15.4 Å². The molecule has 0 aliphatic rings. The SMILES string of the molecule is COc1ccc(N(C)C(=O)c2cc(C)cc(N)c2)cc1. The number of nitrogens with two attached hydrogens (primary N) is 1. The van der Waals surface area contributed by atoms with Crippen LogP contribution in [-0.2, 0) is 0 Å². The number of aryl methyl sites for hydroxylation is 1. The summed E-state index contributed by atoms with van der Waals surface area (Å²) in [6, 6.07) is 12.7. The molecule has 0 bridgehead atoms. The first-order valence-electron chi connectivity index (χ1n) is 6.30. The molecule has 0 aliphatic heterocycles. The van der Waals surface area contributed by atoms with Crippen LogP contribution in [0.1, 0.15) is 15.9 Å². The summed E-state index contributed by atoms with van der Waals surface area (Å²) >= 11 is 0. The molecule has 0 heterocycles. The smallest absolute Gasteiger partial charge is 0.258 e. The lowest BCUT2D eigenvalue weighted by Gasteiger charge is -2.18. The Morgan fingerprint density at radius 1 is 1.15 bits per heavy atom. The van der Waals surface area contributed by atoms with Gasteiger partial charge in [-0.25, -0.2) is 0 Å². The first-order chi connectivity index (χ1) is 9.51. The molecule has 1 amide bonds. The van der Waals surface area contributed by atoms with Gasteiger partial charge in [-0.1, -0.05) is 0 Å². The van der Waals surface area contributed by atoms with Crippen molar-refractivity contribution >= 4 is 17.3 Å². The number of hydrogen-bond donors (Lipinski definition) is 1. The largest absolute Gasteiger partial charge is 0.497 e. The molecule has 0 saturated carbocycles. The van der Waals surface area contributed by atoms with E-state index in [2.05, 4.69) is 0 Å². The average Bonchev–Trinajstić information content (AvgIpc) is 2.45. The van der Waals surface area contributed by atoms with Gasteiger partial charge in [0.15, 0.2) is 0 Å². The molecular weight excluding hydrogens is 252 g/mol. The molecule has 4 nitrogen and oxygen atoms in total. The molecule has 0 fully saturated rings. The highest BCUT2D eigenvalue weighted by molar-refractivity contribution is 6.06. The van der Waals surface area contributed by atoms with Gasteiger partial charge in [0.05, 0.1) is 7.11 Å². The number of rotatable bonds is 3. The second-order valence-electron chi connectivity index (χ2n) is 4.69. The Balaban J connectivity index is 2.27. The molecule has 2 N–H and O–H groups in total. The molecule has 0 aliphatic carbocycles. The van der Waals surface area contributed by atoms with Crippen LogP contribution in [0, 0.1) is 6.92 Å². The van der Waals surface area contributed by atoms with Crippen LogP contribution in [0.3, 0.4) is 0 Å². The molecule has 2 aromatic rings. The van der Waals surface area contributed by atoms with Crippen LogP contribution in [-0.4, -0.2) is 20.1 Å². The van der Waals surface area contributed by atoms with Gasteiger partial charge in [0.25, 0.3) is 5.91 Å². The topological polar surface area (TPSA) is 55.6 Å². The minimum Gasteiger partial charge on any atom is -0.497 e. The van der Waals surface area contributed by atoms with E-state index < -0.39 is 0 Å². The molecule has 0 aromatic heterocycles. The summed E-state index contributed by atoms with van der Waals surface area (Å²) < 4.78 is 5.11. The quantitative estimate of drug-likeness (QED) is 0.872. The van der Waals surface area contributed by atoms with E-state index in [0.29, 0.717) is 11.3 Å². The fourth-order valence-electron chi connectivity index (χ4n) is 2.05. The van der Waals surface area contributed by atoms with Crippen LogP contribution >= 0.6 is 0 Å². The van der Waals surface area contributed by atoms with Crippen LogP contribution in [0.2, 0.25) is 0 Å². The zero-order valence-corrected chi connectivity index (χ0v) is 11.9. The van der Waals surface area contributed by atoms with Crippen LogP contribution in [0.15, 0.2) is 42.5 Å². The Morgan fingerprint density at radius 3 is 2.35 bits per heavy atom. The summed E-state index contributed by atoms with van der Waals surface area (Å²) in [4.78, 5) is 14.0. The zero-order chi connectivity index (χ0) is 14.7. The maximum atomic E-state index is 12.4. The molecule has 0 unspecified atom stereocenters. The van der Waals surface area contributed by atoms with Crippen molar-refractivity contribution in [2.45, 2.75) is 6.92 Å². The molecule has 104 valence electrons. The lowest BCUT2D eigenvalue weighted by Crippen LogP contribution is -2.26. The molecule has 0 atom stereocenters. The van der Waals surface area contributed by atoms with Crippen LogP contribution in [0.5, 0.6) is 5.75 Å². The summed E-state index contributed by atoms with van der Waals surface area (Å²) in [5, 5.41) is 0. The fourth-order valence-corrected chi connectivity index (χ4v) is 2.05. The Hall–Kier alpha value is -2.49. The van der Waals surface area contributed by atoms with Crippen LogP contribution in [0.4, 0.5) is 11.4 Å². The van der Waals surface area contributed by atoms with E-state index in [9.17, 15) is 4.79 Å². The molecule has 2 aromatic carbocycles. The van der Waals surface area contributed by atoms with Gasteiger partial charge in [-0.2, -0.15) is 0 Å². The monoisotopic (exact) mass is 270 g/mol. The molecule has 4 heteroatoms. The molecule has 2 rings (SSSR count). The fraction of sp³-hybridized carbons (Fsp3) is 0.188. The van der Waals surface area contributed by atoms with Gasteiger partial charge in [0.2, 0.25) is 0 Å². The standard InChI is InChI=1S/C16H18N2O2/c1-11-8-12(10-13(17)9-11)16(19)18(2)14-4-6-15(20-3)7-5-14/h4-10H,17H2,1-3H3. The predicted molar refractivity (Wildman–Crippen MR) is 81.3 cm³/mol. The number of hydrogen-bond acceptors (Lipinski definition) is 3. The minimum absolute atomic E-state index is 0.0921. The van der Waals surface area contributed by atoms with Gasteiger partial charge in [-0.15, -0.1) is 0 Å². The van der Waals surface area contributed by atoms with Crippen molar-refractivity contribution in [2.24, 2.45) is 0 Å². The van der Waals surface area contributed by atoms with Crippen molar-refractivity contribution < 1.29 is 9.53 Å². The number of benzene rings is 2. The zero-order valence-electron chi connectivity index (χ0n) is 11.9. The van der Waals surface area contributed by atoms with Gasteiger partial charge in [-0.3, -0.25) is 4.79 Å². The maximum Gasteiger partial charge on any atom is 0.258 e. The van der Waals surface area contributed by atoms with Gasteiger partial charge in [-0.05, 0) is 55.0 Å². The molecule has 0 radical (unpaired) electrons. The molecule has 20 heavy (non-hydrogen) atoms. The number of nitrogen functional groups attached to an aromatic ring is 1. The Morgan fingerprint density at radius 2 is 1.80 bits per heavy atom. The van der Waals surface area contributed by atoms with Crippen molar-refractivity contribution in [3.05, 3.63) is 53.6 Å². The number of nitrogens with zero attached hydrogens (tertiary/aromatic N) is 1. The maximum absolute atomic E-state index is 12.4. The molecule has 0 spiro atoms. The van der Waals surface area contributed by atoms with E-state index in [-0.39, 0.29) is 5.91 Å². The Labute approximate surface area is 118 Å². The van der Waals surface area contributed by atoms with Crippen molar-refractivity contribution in [3.63, 3.8) is 0 Å². The van der Waals surface area contributed by atoms with Gasteiger partial charge < -0.3 is 15.4 Å². The van der Waals surface area contributed by atoms with E-state index in [1.165, 1.54) is 0 Å². The lowest BCUT2D eigenvalue weighted by atomic mass is 10.1. The summed E-state index contributed by atoms with van der Waals surface area (Å²) in [7, 11) is 3.35. The highest BCUT2D eigenvalue weighted by atomic mass is 16.5. The van der Waals surface area contributed by atoms with E-state index in [0.717, 1.165) is 17.0 Å². The van der Waals surface area contributed by atoms with Crippen molar-refractivity contribution in [1.82, 2.24) is 0 Å². The molecule has 0 saturated heterocycles. The van der Waals surface area contributed by atoms with Crippen LogP contribution in [0.25, 0.3) is 0 Å². The average molecular weight is 270 g/mol. The third kappa shape index (κ3) is 2.91. The number of ether oxygens (including phenoxy) is 1. The summed E-state index contributed by atoms with van der Waals surface area (Å²) in [5.41, 5.74) is 8.74. The minimum atomic E-state index is -0.0921. The number of carbonyl (C=O) groups is 1. The number of carbonyl (C=O) groups excluding carboxylic acids is 1. The van der Waals surface area contributed by atoms with E-state index in [4.69, 9.17) is 10.5 Å². The highest BCUT2D eigenvalue weighted by Crippen LogP contribution is 2.21. The van der Waals surface area contributed by atoms with Gasteiger partial charge in [0.1, 0.15) is 5.75 Å². The Kier molecular flexibility index (Phi) is 3.94. The first-order valence-corrected chi connectivity index (χ1v) is 6.30. The summed E-state index contributed by atoms with van der Waals surface area (Å²) in [6.07, 6.45) is 0. The second kappa shape index (κ2) is 5.65. The van der Waals surface area contributed by atoms with Gasteiger partial charge >= 0.3 is 0 Å². The third-order valence-electron chi connectivity index (χ3n) is 3.11. The number of amides is 1. The van der Waals surface area contributed by atoms with Crippen molar-refractivity contribution in [1.29, 1.82) is 0 Å². The predicted octanol–water partition coefficient (Wildman–Crippen LogP) is 2.86. The van der Waals surface area contributed by atoms with E-state index in [1.54, 1.807) is 25.1 Å².